The second kappa shape index (κ2) is 13.3. The maximum atomic E-state index is 11.0. The van der Waals surface area contributed by atoms with Gasteiger partial charge >= 0.3 is 5.97 Å². The van der Waals surface area contributed by atoms with Gasteiger partial charge in [0.05, 0.1) is 13.7 Å². The van der Waals surface area contributed by atoms with E-state index in [1.807, 2.05) is 0 Å². The first-order chi connectivity index (χ1) is 7.70. The summed E-state index contributed by atoms with van der Waals surface area (Å²) in [6, 6.07) is 0. The largest absolute Gasteiger partial charge is 0.469 e. The summed E-state index contributed by atoms with van der Waals surface area (Å²) in [7, 11) is 3.14. The second-order valence-electron chi connectivity index (χ2n) is 3.62. The van der Waals surface area contributed by atoms with Crippen molar-refractivity contribution >= 4 is 24.3 Å². The molecule has 102 valence electrons. The third-order valence-corrected chi connectivity index (χ3v) is 2.19. The Balaban J connectivity index is 0. The summed E-state index contributed by atoms with van der Waals surface area (Å²) in [6.07, 6.45) is 4.32. The number of amides is 1. The molecule has 2 N–H and O–H groups in total. The summed E-state index contributed by atoms with van der Waals surface area (Å²) < 4.78 is 4.53. The predicted octanol–water partition coefficient (Wildman–Crippen LogP) is 0.867. The van der Waals surface area contributed by atoms with Gasteiger partial charge in [-0.15, -0.1) is 12.4 Å². The van der Waals surface area contributed by atoms with E-state index in [9.17, 15) is 9.59 Å². The highest BCUT2D eigenvalue weighted by atomic mass is 35.5. The lowest BCUT2D eigenvalue weighted by atomic mass is 10.1. The van der Waals surface area contributed by atoms with Crippen LogP contribution in [0.3, 0.4) is 0 Å². The van der Waals surface area contributed by atoms with Crippen LogP contribution in [-0.4, -0.2) is 39.1 Å². The number of unbranched alkanes of at least 4 members (excludes halogenated alkanes) is 3. The molecule has 0 fully saturated rings. The minimum Gasteiger partial charge on any atom is -0.469 e. The van der Waals surface area contributed by atoms with Crippen LogP contribution in [0, 0.1) is 0 Å². The number of nitrogens with one attached hydrogen (secondary N) is 2. The van der Waals surface area contributed by atoms with Crippen LogP contribution in [0.1, 0.15) is 32.1 Å². The molecule has 0 saturated carbocycles. The van der Waals surface area contributed by atoms with Gasteiger partial charge in [0, 0.05) is 13.0 Å². The zero-order chi connectivity index (χ0) is 12.2. The maximum Gasteiger partial charge on any atom is 0.305 e. The Labute approximate surface area is 109 Å². The number of carbonyl (C=O) groups is 2. The SMILES string of the molecule is CNCC(=O)NCCCCCCC(=O)OC.Cl. The van der Waals surface area contributed by atoms with Crippen LogP contribution in [0.2, 0.25) is 0 Å². The zero-order valence-corrected chi connectivity index (χ0v) is 11.4. The highest BCUT2D eigenvalue weighted by Crippen LogP contribution is 2.02. The van der Waals surface area contributed by atoms with Gasteiger partial charge in [-0.3, -0.25) is 9.59 Å². The van der Waals surface area contributed by atoms with Crippen LogP contribution in [0.4, 0.5) is 0 Å². The molecule has 6 heteroatoms. The van der Waals surface area contributed by atoms with E-state index in [0.717, 1.165) is 25.7 Å². The van der Waals surface area contributed by atoms with E-state index >= 15 is 0 Å². The van der Waals surface area contributed by atoms with Gasteiger partial charge in [0.25, 0.3) is 0 Å². The molecule has 0 aliphatic carbocycles. The summed E-state index contributed by atoms with van der Waals surface area (Å²) in [6.45, 7) is 1.07. The molecule has 0 aliphatic rings. The lowest BCUT2D eigenvalue weighted by Crippen LogP contribution is -2.32. The molecule has 1 amide bonds. The van der Waals surface area contributed by atoms with Crippen LogP contribution in [0.15, 0.2) is 0 Å². The van der Waals surface area contributed by atoms with Gasteiger partial charge in [-0.05, 0) is 19.9 Å². The van der Waals surface area contributed by atoms with Crippen molar-refractivity contribution in [2.75, 3.05) is 27.2 Å². The molecule has 0 aromatic heterocycles. The Morgan fingerprint density at radius 1 is 1.12 bits per heavy atom. The topological polar surface area (TPSA) is 67.4 Å². The minimum atomic E-state index is -0.151. The van der Waals surface area contributed by atoms with Gasteiger partial charge in [-0.2, -0.15) is 0 Å². The summed E-state index contributed by atoms with van der Waals surface area (Å²) in [5, 5.41) is 5.59. The fourth-order valence-electron chi connectivity index (χ4n) is 1.30. The Bertz CT molecular complexity index is 213. The number of methoxy groups -OCH3 is 1. The Morgan fingerprint density at radius 2 is 1.76 bits per heavy atom. The van der Waals surface area contributed by atoms with E-state index in [2.05, 4.69) is 15.4 Å². The van der Waals surface area contributed by atoms with E-state index in [1.165, 1.54) is 7.11 Å². The van der Waals surface area contributed by atoms with Crippen molar-refractivity contribution in [1.82, 2.24) is 10.6 Å². The maximum absolute atomic E-state index is 11.0. The van der Waals surface area contributed by atoms with E-state index in [4.69, 9.17) is 0 Å². The van der Waals surface area contributed by atoms with Gasteiger partial charge in [0.15, 0.2) is 0 Å². The molecular formula is C11H23ClN2O3. The first-order valence-corrected chi connectivity index (χ1v) is 5.68. The average molecular weight is 267 g/mol. The predicted molar refractivity (Wildman–Crippen MR) is 69.3 cm³/mol. The zero-order valence-electron chi connectivity index (χ0n) is 10.6. The average Bonchev–Trinajstić information content (AvgIpc) is 2.27. The van der Waals surface area contributed by atoms with Gasteiger partial charge < -0.3 is 15.4 Å². The summed E-state index contributed by atoms with van der Waals surface area (Å²) in [5.74, 6) is -0.126. The van der Waals surface area contributed by atoms with E-state index in [0.29, 0.717) is 19.5 Å². The van der Waals surface area contributed by atoms with Crippen LogP contribution < -0.4 is 10.6 Å². The lowest BCUT2D eigenvalue weighted by molar-refractivity contribution is -0.140. The number of rotatable bonds is 9. The van der Waals surface area contributed by atoms with Crippen molar-refractivity contribution in [2.45, 2.75) is 32.1 Å². The second-order valence-corrected chi connectivity index (χ2v) is 3.62. The molecule has 0 rings (SSSR count). The number of hydrogen-bond donors (Lipinski definition) is 2. The van der Waals surface area contributed by atoms with Crippen LogP contribution in [0.5, 0.6) is 0 Å². The molecule has 0 saturated heterocycles. The number of ether oxygens (including phenoxy) is 1. The third kappa shape index (κ3) is 13.1. The molecule has 0 heterocycles. The van der Waals surface area contributed by atoms with Crippen molar-refractivity contribution in [3.8, 4) is 0 Å². The standard InChI is InChI=1S/C11H22N2O3.ClH/c1-12-9-10(14)13-8-6-4-3-5-7-11(15)16-2;/h12H,3-9H2,1-2H3,(H,13,14);1H. The van der Waals surface area contributed by atoms with Crippen molar-refractivity contribution in [1.29, 1.82) is 0 Å². The highest BCUT2D eigenvalue weighted by Gasteiger charge is 2.00. The molecule has 17 heavy (non-hydrogen) atoms. The molecule has 0 spiro atoms. The smallest absolute Gasteiger partial charge is 0.305 e. The molecule has 0 atom stereocenters. The van der Waals surface area contributed by atoms with Crippen LogP contribution in [-0.2, 0) is 14.3 Å². The fraction of sp³-hybridized carbons (Fsp3) is 0.818. The van der Waals surface area contributed by atoms with Crippen molar-refractivity contribution in [3.63, 3.8) is 0 Å². The van der Waals surface area contributed by atoms with E-state index < -0.39 is 0 Å². The van der Waals surface area contributed by atoms with Gasteiger partial charge in [-0.25, -0.2) is 0 Å². The summed E-state index contributed by atoms with van der Waals surface area (Å²) in [4.78, 5) is 21.8. The number of hydrogen-bond acceptors (Lipinski definition) is 4. The molecule has 0 aromatic carbocycles. The van der Waals surface area contributed by atoms with Crippen molar-refractivity contribution < 1.29 is 14.3 Å². The Hall–Kier alpha value is -0.810. The molecule has 0 bridgehead atoms. The minimum absolute atomic E-state index is 0. The summed E-state index contributed by atoms with van der Waals surface area (Å²) in [5.41, 5.74) is 0. The van der Waals surface area contributed by atoms with Crippen LogP contribution >= 0.6 is 12.4 Å². The van der Waals surface area contributed by atoms with Crippen molar-refractivity contribution in [3.05, 3.63) is 0 Å². The number of likely N-dealkylation sites (N-methyl/N-ethyl adjacent to an activating group) is 1. The molecule has 0 aliphatic heterocycles. The van der Waals surface area contributed by atoms with Gasteiger partial charge in [0.2, 0.25) is 5.91 Å². The van der Waals surface area contributed by atoms with Gasteiger partial charge in [0.1, 0.15) is 0 Å². The van der Waals surface area contributed by atoms with Crippen molar-refractivity contribution in [2.24, 2.45) is 0 Å². The molecule has 0 radical (unpaired) electrons. The first-order valence-electron chi connectivity index (χ1n) is 5.68. The Kier molecular flexibility index (Phi) is 14.5. The fourth-order valence-corrected chi connectivity index (χ4v) is 1.30. The van der Waals surface area contributed by atoms with E-state index in [-0.39, 0.29) is 24.3 Å². The molecule has 5 nitrogen and oxygen atoms in total. The lowest BCUT2D eigenvalue weighted by Gasteiger charge is -2.04. The highest BCUT2D eigenvalue weighted by molar-refractivity contribution is 5.85. The molecular weight excluding hydrogens is 244 g/mol. The Morgan fingerprint density at radius 3 is 2.35 bits per heavy atom. The first kappa shape index (κ1) is 18.6. The summed E-state index contributed by atoms with van der Waals surface area (Å²) >= 11 is 0. The molecule has 0 unspecified atom stereocenters. The quantitative estimate of drug-likeness (QED) is 0.480. The van der Waals surface area contributed by atoms with Crippen LogP contribution in [0.25, 0.3) is 0 Å². The number of esters is 1. The van der Waals surface area contributed by atoms with E-state index in [1.54, 1.807) is 7.05 Å². The third-order valence-electron chi connectivity index (χ3n) is 2.19. The number of halogens is 1. The molecule has 0 aromatic rings. The normalized spacial score (nSPS) is 9.29. The van der Waals surface area contributed by atoms with Gasteiger partial charge in [-0.1, -0.05) is 12.8 Å². The monoisotopic (exact) mass is 266 g/mol. The number of carbonyl (C=O) groups excluding carboxylic acids is 2.